The number of allylic oxidation sites excluding steroid dienone is 3. The van der Waals surface area contributed by atoms with E-state index in [1.165, 1.54) is 0 Å². The highest BCUT2D eigenvalue weighted by molar-refractivity contribution is 6.35. The Morgan fingerprint density at radius 3 is 2.77 bits per heavy atom. The van der Waals surface area contributed by atoms with E-state index >= 15 is 0 Å². The first-order valence-corrected chi connectivity index (χ1v) is 10.6. The summed E-state index contributed by atoms with van der Waals surface area (Å²) in [6.07, 6.45) is 9.18. The molecule has 0 unspecified atom stereocenters. The van der Waals surface area contributed by atoms with Crippen molar-refractivity contribution in [2.24, 2.45) is 0 Å². The number of para-hydroxylation sites is 2. The van der Waals surface area contributed by atoms with Gasteiger partial charge in [0, 0.05) is 23.3 Å². The summed E-state index contributed by atoms with van der Waals surface area (Å²) in [4.78, 5) is 5.02. The number of fused-ring (bicyclic) bond motifs is 8. The maximum absolute atomic E-state index is 6.72. The Hall–Kier alpha value is -3.76. The third-order valence-electron chi connectivity index (χ3n) is 6.03. The molecule has 7 rings (SSSR count). The smallest absolute Gasteiger partial charge is 0.220 e. The molecule has 0 aliphatic heterocycles. The fourth-order valence-electron chi connectivity index (χ4n) is 4.68. The van der Waals surface area contributed by atoms with Crippen LogP contribution in [0.1, 0.15) is 11.4 Å². The van der Waals surface area contributed by atoms with Crippen molar-refractivity contribution in [1.29, 1.82) is 0 Å². The number of aromatic nitrogens is 3. The minimum absolute atomic E-state index is 0.692. The normalized spacial score (nSPS) is 13.6. The van der Waals surface area contributed by atoms with Crippen LogP contribution in [0, 0.1) is 0 Å². The van der Waals surface area contributed by atoms with Crippen molar-refractivity contribution in [1.82, 2.24) is 14.0 Å². The third kappa shape index (κ3) is 2.28. The fourth-order valence-corrected chi connectivity index (χ4v) is 4.94. The van der Waals surface area contributed by atoms with Gasteiger partial charge in [-0.2, -0.15) is 0 Å². The number of hydrogen-bond donors (Lipinski definition) is 0. The lowest BCUT2D eigenvalue weighted by molar-refractivity contribution is 0.668. The Morgan fingerprint density at radius 1 is 0.903 bits per heavy atom. The molecule has 0 saturated heterocycles. The number of benzene rings is 3. The van der Waals surface area contributed by atoms with Crippen LogP contribution in [-0.2, 0) is 6.42 Å². The molecule has 4 nitrogen and oxygen atoms in total. The van der Waals surface area contributed by atoms with E-state index in [-0.39, 0.29) is 0 Å². The number of hydrogen-bond acceptors (Lipinski definition) is 2. The summed E-state index contributed by atoms with van der Waals surface area (Å²) in [6, 6.07) is 20.4. The van der Waals surface area contributed by atoms with Gasteiger partial charge in [0.25, 0.3) is 0 Å². The molecule has 1 aliphatic carbocycles. The zero-order valence-electron chi connectivity index (χ0n) is 16.4. The maximum Gasteiger partial charge on any atom is 0.220 e. The van der Waals surface area contributed by atoms with Gasteiger partial charge in [0.2, 0.25) is 5.78 Å². The van der Waals surface area contributed by atoms with Crippen molar-refractivity contribution in [2.45, 2.75) is 6.42 Å². The van der Waals surface area contributed by atoms with Crippen LogP contribution in [0.4, 0.5) is 0 Å². The zero-order valence-corrected chi connectivity index (χ0v) is 17.2. The van der Waals surface area contributed by atoms with E-state index in [1.807, 2.05) is 30.3 Å². The lowest BCUT2D eigenvalue weighted by atomic mass is 10.1. The highest BCUT2D eigenvalue weighted by Crippen LogP contribution is 2.35. The van der Waals surface area contributed by atoms with Crippen LogP contribution in [-0.4, -0.2) is 14.0 Å². The lowest BCUT2D eigenvalue weighted by Crippen LogP contribution is -1.96. The van der Waals surface area contributed by atoms with Crippen LogP contribution in [0.2, 0.25) is 5.02 Å². The first kappa shape index (κ1) is 17.0. The Balaban J connectivity index is 1.60. The molecule has 0 bridgehead atoms. The third-order valence-corrected chi connectivity index (χ3v) is 6.34. The summed E-state index contributed by atoms with van der Waals surface area (Å²) in [5.74, 6) is 0.850. The fraction of sp³-hybridized carbons (Fsp3) is 0.0385. The molecule has 0 N–H and O–H groups in total. The van der Waals surface area contributed by atoms with Gasteiger partial charge in [0.15, 0.2) is 0 Å². The van der Waals surface area contributed by atoms with Crippen molar-refractivity contribution < 1.29 is 4.42 Å². The summed E-state index contributed by atoms with van der Waals surface area (Å²) in [5.41, 5.74) is 6.83. The Bertz CT molecular complexity index is 1730. The van der Waals surface area contributed by atoms with Gasteiger partial charge in [-0.15, -0.1) is 0 Å². The van der Waals surface area contributed by atoms with E-state index in [4.69, 9.17) is 21.0 Å². The Kier molecular flexibility index (Phi) is 3.35. The second-order valence-corrected chi connectivity index (χ2v) is 8.20. The molecule has 3 heterocycles. The predicted octanol–water partition coefficient (Wildman–Crippen LogP) is 6.96. The van der Waals surface area contributed by atoms with Crippen LogP contribution in [0.15, 0.2) is 83.3 Å². The zero-order chi connectivity index (χ0) is 20.5. The summed E-state index contributed by atoms with van der Waals surface area (Å²) in [5, 5.41) is 2.91. The second kappa shape index (κ2) is 6.13. The number of halogens is 1. The summed E-state index contributed by atoms with van der Waals surface area (Å²) in [6.45, 7) is 0. The molecule has 3 aromatic carbocycles. The molecule has 1 aliphatic rings. The maximum atomic E-state index is 6.72. The van der Waals surface area contributed by atoms with Gasteiger partial charge in [-0.3, -0.25) is 8.97 Å². The second-order valence-electron chi connectivity index (χ2n) is 7.79. The standard InChI is InChI=1S/C26H16ClN3O/c27-19-8-6-11-22-25(19)29(26-28-20-9-2-1-3-10-21(20)30(22)26)16-13-14-18-17-7-4-5-12-23(17)31-24(18)15-16/h1-8,10-15H,9H2. The van der Waals surface area contributed by atoms with Gasteiger partial charge >= 0.3 is 0 Å². The minimum Gasteiger partial charge on any atom is -0.456 e. The largest absolute Gasteiger partial charge is 0.456 e. The van der Waals surface area contributed by atoms with Crippen molar-refractivity contribution in [3.05, 3.63) is 95.3 Å². The van der Waals surface area contributed by atoms with E-state index in [1.54, 1.807) is 0 Å². The van der Waals surface area contributed by atoms with Crippen molar-refractivity contribution in [3.8, 4) is 5.69 Å². The highest BCUT2D eigenvalue weighted by Gasteiger charge is 2.22. The van der Waals surface area contributed by atoms with Gasteiger partial charge in [-0.25, -0.2) is 4.98 Å². The molecular formula is C26H16ClN3O. The number of rotatable bonds is 1. The van der Waals surface area contributed by atoms with Crippen molar-refractivity contribution >= 4 is 56.4 Å². The molecule has 6 aromatic rings. The minimum atomic E-state index is 0.692. The molecule has 3 aromatic heterocycles. The first-order chi connectivity index (χ1) is 15.3. The van der Waals surface area contributed by atoms with E-state index in [0.717, 1.165) is 62.2 Å². The van der Waals surface area contributed by atoms with E-state index in [0.29, 0.717) is 5.02 Å². The molecule has 31 heavy (non-hydrogen) atoms. The van der Waals surface area contributed by atoms with Gasteiger partial charge in [-0.1, -0.05) is 54.1 Å². The van der Waals surface area contributed by atoms with E-state index in [2.05, 4.69) is 63.6 Å². The average molecular weight is 422 g/mol. The molecule has 0 radical (unpaired) electrons. The molecular weight excluding hydrogens is 406 g/mol. The first-order valence-electron chi connectivity index (χ1n) is 10.2. The SMILES string of the molecule is Clc1cccc2c1n(-c1ccc3c(c1)oc1ccccc13)c1nc3c(n21)C=CC=CC3. The van der Waals surface area contributed by atoms with Crippen LogP contribution in [0.5, 0.6) is 0 Å². The molecule has 0 atom stereocenters. The van der Waals surface area contributed by atoms with Gasteiger partial charge in [-0.05, 0) is 36.4 Å². The molecule has 0 saturated carbocycles. The number of nitrogens with zero attached hydrogens (tertiary/aromatic N) is 3. The van der Waals surface area contributed by atoms with Gasteiger partial charge in [0.05, 0.1) is 33.1 Å². The van der Waals surface area contributed by atoms with Crippen LogP contribution < -0.4 is 0 Å². The van der Waals surface area contributed by atoms with Crippen LogP contribution in [0.3, 0.4) is 0 Å². The lowest BCUT2D eigenvalue weighted by Gasteiger charge is -2.06. The Labute approximate surface area is 182 Å². The highest BCUT2D eigenvalue weighted by atomic mass is 35.5. The molecule has 0 fully saturated rings. The number of furan rings is 1. The molecule has 0 amide bonds. The predicted molar refractivity (Wildman–Crippen MR) is 126 cm³/mol. The monoisotopic (exact) mass is 421 g/mol. The quantitative estimate of drug-likeness (QED) is 0.287. The Morgan fingerprint density at radius 2 is 1.81 bits per heavy atom. The molecule has 0 spiro atoms. The van der Waals surface area contributed by atoms with Crippen molar-refractivity contribution in [3.63, 3.8) is 0 Å². The van der Waals surface area contributed by atoms with Crippen molar-refractivity contribution in [2.75, 3.05) is 0 Å². The van der Waals surface area contributed by atoms with Crippen LogP contribution in [0.25, 0.3) is 50.5 Å². The van der Waals surface area contributed by atoms with Gasteiger partial charge < -0.3 is 4.42 Å². The average Bonchev–Trinajstić information content (AvgIpc) is 3.37. The summed E-state index contributed by atoms with van der Waals surface area (Å²) in [7, 11) is 0. The molecule has 5 heteroatoms. The topological polar surface area (TPSA) is 35.4 Å². The van der Waals surface area contributed by atoms with E-state index < -0.39 is 0 Å². The number of imidazole rings is 2. The van der Waals surface area contributed by atoms with Gasteiger partial charge in [0.1, 0.15) is 11.2 Å². The summed E-state index contributed by atoms with van der Waals surface area (Å²) < 4.78 is 10.5. The summed E-state index contributed by atoms with van der Waals surface area (Å²) >= 11 is 6.72. The molecule has 148 valence electrons. The van der Waals surface area contributed by atoms with E-state index in [9.17, 15) is 0 Å². The van der Waals surface area contributed by atoms with Crippen LogP contribution >= 0.6 is 11.6 Å².